The Morgan fingerprint density at radius 1 is 1.55 bits per heavy atom. The van der Waals surface area contributed by atoms with E-state index in [2.05, 4.69) is 0 Å². The summed E-state index contributed by atoms with van der Waals surface area (Å²) in [7, 11) is 0. The molecule has 0 radical (unpaired) electrons. The zero-order valence-electron chi connectivity index (χ0n) is 10.4. The fourth-order valence-corrected chi connectivity index (χ4v) is 2.03. The van der Waals surface area contributed by atoms with Crippen molar-refractivity contribution in [2.75, 3.05) is 13.1 Å². The third-order valence-electron chi connectivity index (χ3n) is 3.05. The molecule has 5 nitrogen and oxygen atoms in total. The van der Waals surface area contributed by atoms with Crippen LogP contribution in [0, 0.1) is 11.3 Å². The highest BCUT2D eigenvalue weighted by Crippen LogP contribution is 2.31. The highest BCUT2D eigenvalue weighted by Gasteiger charge is 2.47. The number of benzene rings is 1. The molecule has 2 rings (SSSR count). The molecule has 7 heteroatoms. The molecule has 1 aromatic carbocycles. The molecule has 1 fully saturated rings. The molecule has 1 heterocycles. The number of hydrogen-bond donors (Lipinski definition) is 1. The number of nitrogens with zero attached hydrogens (tertiary/aromatic N) is 2. The van der Waals surface area contributed by atoms with Gasteiger partial charge in [-0.2, -0.15) is 5.26 Å². The Kier molecular flexibility index (Phi) is 3.74. The summed E-state index contributed by atoms with van der Waals surface area (Å²) < 4.78 is 32.9. The van der Waals surface area contributed by atoms with Gasteiger partial charge in [-0.15, -0.1) is 0 Å². The van der Waals surface area contributed by atoms with Crippen LogP contribution < -0.4 is 4.74 Å². The van der Waals surface area contributed by atoms with Crippen molar-refractivity contribution >= 4 is 6.09 Å². The van der Waals surface area contributed by atoms with Gasteiger partial charge in [0.2, 0.25) is 0 Å². The number of nitriles is 1. The molecule has 1 aliphatic rings. The number of halogens is 2. The summed E-state index contributed by atoms with van der Waals surface area (Å²) in [6.45, 7) is -0.890. The van der Waals surface area contributed by atoms with Gasteiger partial charge in [0.05, 0.1) is 18.2 Å². The Bertz CT molecular complexity index is 557. The first kappa shape index (κ1) is 14.1. The summed E-state index contributed by atoms with van der Waals surface area (Å²) >= 11 is 0. The van der Waals surface area contributed by atoms with Gasteiger partial charge < -0.3 is 14.7 Å². The smallest absolute Gasteiger partial charge is 0.407 e. The first-order chi connectivity index (χ1) is 9.42. The van der Waals surface area contributed by atoms with Gasteiger partial charge in [0, 0.05) is 13.0 Å². The Morgan fingerprint density at radius 2 is 2.30 bits per heavy atom. The topological polar surface area (TPSA) is 73.6 Å². The van der Waals surface area contributed by atoms with Crippen molar-refractivity contribution in [3.05, 3.63) is 29.8 Å². The lowest BCUT2D eigenvalue weighted by Crippen LogP contribution is -2.55. The van der Waals surface area contributed by atoms with Crippen LogP contribution in [0.5, 0.6) is 5.75 Å². The van der Waals surface area contributed by atoms with Crippen molar-refractivity contribution in [2.45, 2.75) is 18.4 Å². The molecule has 20 heavy (non-hydrogen) atoms. The van der Waals surface area contributed by atoms with E-state index in [0.29, 0.717) is 10.5 Å². The van der Waals surface area contributed by atoms with Gasteiger partial charge in [-0.1, -0.05) is 6.07 Å². The Morgan fingerprint density at radius 3 is 2.90 bits per heavy atom. The molecular formula is C13H12F2N2O3. The van der Waals surface area contributed by atoms with Crippen molar-refractivity contribution in [3.63, 3.8) is 0 Å². The van der Waals surface area contributed by atoms with Gasteiger partial charge in [0.15, 0.2) is 6.10 Å². The zero-order chi connectivity index (χ0) is 14.8. The normalized spacial score (nSPS) is 21.1. The molecule has 0 aromatic heterocycles. The number of carbonyl (C=O) groups is 1. The second kappa shape index (κ2) is 5.33. The maximum Gasteiger partial charge on any atom is 0.407 e. The number of ether oxygens (including phenoxy) is 1. The number of piperidine rings is 1. The largest absolute Gasteiger partial charge is 0.484 e. The lowest BCUT2D eigenvalue weighted by Gasteiger charge is -2.36. The molecule has 0 spiro atoms. The van der Waals surface area contributed by atoms with Crippen LogP contribution in [0.25, 0.3) is 0 Å². The second-order valence-electron chi connectivity index (χ2n) is 4.50. The van der Waals surface area contributed by atoms with Gasteiger partial charge in [-0.05, 0) is 18.2 Å². The minimum Gasteiger partial charge on any atom is -0.484 e. The summed E-state index contributed by atoms with van der Waals surface area (Å²) in [5, 5.41) is 17.5. The van der Waals surface area contributed by atoms with Gasteiger partial charge >= 0.3 is 12.0 Å². The molecule has 1 N–H and O–H groups in total. The van der Waals surface area contributed by atoms with Crippen LogP contribution in [0.4, 0.5) is 13.6 Å². The summed E-state index contributed by atoms with van der Waals surface area (Å²) in [4.78, 5) is 11.4. The fourth-order valence-electron chi connectivity index (χ4n) is 2.03. The van der Waals surface area contributed by atoms with Crippen LogP contribution in [-0.4, -0.2) is 41.2 Å². The summed E-state index contributed by atoms with van der Waals surface area (Å²) in [5.74, 6) is -3.09. The molecule has 1 aromatic rings. The average molecular weight is 282 g/mol. The van der Waals surface area contributed by atoms with E-state index in [0.717, 1.165) is 0 Å². The molecule has 0 saturated carbocycles. The number of alkyl halides is 2. The van der Waals surface area contributed by atoms with Crippen LogP contribution >= 0.6 is 0 Å². The number of amides is 1. The van der Waals surface area contributed by atoms with Crippen molar-refractivity contribution in [2.24, 2.45) is 0 Å². The molecule has 1 amide bonds. The lowest BCUT2D eigenvalue weighted by atomic mass is 10.0. The molecule has 1 saturated heterocycles. The number of likely N-dealkylation sites (tertiary alicyclic amines) is 1. The van der Waals surface area contributed by atoms with E-state index >= 15 is 0 Å². The van der Waals surface area contributed by atoms with E-state index < -0.39 is 24.7 Å². The van der Waals surface area contributed by atoms with Crippen molar-refractivity contribution in [1.29, 1.82) is 5.26 Å². The van der Waals surface area contributed by atoms with Gasteiger partial charge in [-0.25, -0.2) is 13.6 Å². The van der Waals surface area contributed by atoms with E-state index in [1.807, 2.05) is 6.07 Å². The highest BCUT2D eigenvalue weighted by atomic mass is 19.3. The Labute approximate surface area is 114 Å². The first-order valence-electron chi connectivity index (χ1n) is 5.95. The minimum absolute atomic E-state index is 0.00642. The second-order valence-corrected chi connectivity index (χ2v) is 4.50. The summed E-state index contributed by atoms with van der Waals surface area (Å²) in [5.41, 5.74) is 0.314. The Hall–Kier alpha value is -2.36. The monoisotopic (exact) mass is 282 g/mol. The average Bonchev–Trinajstić information content (AvgIpc) is 2.40. The molecule has 1 atom stereocenters. The predicted molar refractivity (Wildman–Crippen MR) is 64.7 cm³/mol. The van der Waals surface area contributed by atoms with E-state index in [1.54, 1.807) is 6.07 Å². The van der Waals surface area contributed by atoms with Crippen molar-refractivity contribution in [1.82, 2.24) is 4.90 Å². The third-order valence-corrected chi connectivity index (χ3v) is 3.05. The predicted octanol–water partition coefficient (Wildman–Crippen LogP) is 2.32. The Balaban J connectivity index is 2.10. The lowest BCUT2D eigenvalue weighted by molar-refractivity contribution is -0.133. The number of rotatable bonds is 2. The van der Waals surface area contributed by atoms with Crippen LogP contribution in [0.1, 0.15) is 12.0 Å². The van der Waals surface area contributed by atoms with Crippen LogP contribution in [-0.2, 0) is 0 Å². The highest BCUT2D eigenvalue weighted by molar-refractivity contribution is 5.65. The third kappa shape index (κ3) is 2.96. The molecule has 1 aliphatic heterocycles. The minimum atomic E-state index is -3.26. The van der Waals surface area contributed by atoms with Gasteiger partial charge in [0.25, 0.3) is 0 Å². The van der Waals surface area contributed by atoms with E-state index in [-0.39, 0.29) is 18.7 Å². The molecule has 1 unspecified atom stereocenters. The van der Waals surface area contributed by atoms with E-state index in [1.165, 1.54) is 18.2 Å². The number of hydrogen-bond acceptors (Lipinski definition) is 3. The maximum absolute atomic E-state index is 13.9. The van der Waals surface area contributed by atoms with Gasteiger partial charge in [-0.3, -0.25) is 0 Å². The maximum atomic E-state index is 13.9. The summed E-state index contributed by atoms with van der Waals surface area (Å²) in [6, 6.07) is 7.83. The van der Waals surface area contributed by atoms with E-state index in [4.69, 9.17) is 15.1 Å². The summed E-state index contributed by atoms with van der Waals surface area (Å²) in [6.07, 6.45) is -2.86. The molecule has 106 valence electrons. The molecular weight excluding hydrogens is 270 g/mol. The van der Waals surface area contributed by atoms with Crippen LogP contribution in [0.15, 0.2) is 24.3 Å². The van der Waals surface area contributed by atoms with Crippen LogP contribution in [0.2, 0.25) is 0 Å². The molecule has 0 aliphatic carbocycles. The zero-order valence-corrected chi connectivity index (χ0v) is 10.4. The van der Waals surface area contributed by atoms with Crippen molar-refractivity contribution in [3.8, 4) is 11.8 Å². The van der Waals surface area contributed by atoms with Gasteiger partial charge in [0.1, 0.15) is 5.75 Å². The first-order valence-corrected chi connectivity index (χ1v) is 5.95. The molecule has 0 bridgehead atoms. The number of carboxylic acid groups (broad SMARTS) is 1. The quantitative estimate of drug-likeness (QED) is 0.903. The van der Waals surface area contributed by atoms with Crippen molar-refractivity contribution < 1.29 is 23.4 Å². The standard InChI is InChI=1S/C13H12F2N2O3/c14-13(15)8-17(12(18)19)5-4-11(13)20-10-3-1-2-9(6-10)7-16/h1-3,6,11H,4-5,8H2,(H,18,19). The van der Waals surface area contributed by atoms with E-state index in [9.17, 15) is 13.6 Å². The SMILES string of the molecule is N#Cc1cccc(OC2CCN(C(=O)O)CC2(F)F)c1. The van der Waals surface area contributed by atoms with Crippen LogP contribution in [0.3, 0.4) is 0 Å². The fraction of sp³-hybridized carbons (Fsp3) is 0.385.